The third kappa shape index (κ3) is 3.63. The number of nitrogens with one attached hydrogen (secondary N) is 1. The fraction of sp³-hybridized carbons (Fsp3) is 0.286. The Balaban J connectivity index is 2.20. The van der Waals surface area contributed by atoms with E-state index in [9.17, 15) is 18.0 Å². The molecule has 0 radical (unpaired) electrons. The molecule has 6 heteroatoms. The molecule has 0 spiro atoms. The van der Waals surface area contributed by atoms with Gasteiger partial charge in [-0.05, 0) is 35.1 Å². The number of carbonyl (C=O) groups is 1. The van der Waals surface area contributed by atoms with E-state index in [1.807, 2.05) is 19.9 Å². The van der Waals surface area contributed by atoms with Crippen LogP contribution in [0.4, 0.5) is 23.7 Å². The normalized spacial score (nSPS) is 18.8. The number of anilines is 1. The molecule has 2 aromatic carbocycles. The van der Waals surface area contributed by atoms with Crippen molar-refractivity contribution in [1.29, 1.82) is 0 Å². The molecule has 3 rings (SSSR count). The smallest absolute Gasteiger partial charge is 0.415 e. The first-order valence-electron chi connectivity index (χ1n) is 8.49. The van der Waals surface area contributed by atoms with Crippen LogP contribution in [0, 0.1) is 17.8 Å². The minimum absolute atomic E-state index is 0.0436. The van der Waals surface area contributed by atoms with Gasteiger partial charge in [0.15, 0.2) is 0 Å². The number of ether oxygens (including phenoxy) is 1. The molecule has 0 aromatic heterocycles. The summed E-state index contributed by atoms with van der Waals surface area (Å²) in [6.45, 7) is 3.70. The van der Waals surface area contributed by atoms with Crippen molar-refractivity contribution in [1.82, 2.24) is 0 Å². The van der Waals surface area contributed by atoms with Crippen molar-refractivity contribution >= 4 is 11.8 Å². The summed E-state index contributed by atoms with van der Waals surface area (Å²) < 4.78 is 47.1. The predicted molar refractivity (Wildman–Crippen MR) is 96.9 cm³/mol. The van der Waals surface area contributed by atoms with E-state index < -0.39 is 17.9 Å². The molecule has 2 aromatic rings. The standard InChI is InChI=1S/C21H18F3NO2/c1-14(2)7-6-12-20(21(22,23)24)17-13-16(15-8-4-3-5-9-15)10-11-18(17)25-19(26)27-20/h3-5,8-11,13-14H,7H2,1-2H3,(H,25,26). The second-order valence-electron chi connectivity index (χ2n) is 6.72. The molecule has 140 valence electrons. The van der Waals surface area contributed by atoms with Crippen LogP contribution in [0.5, 0.6) is 0 Å². The Labute approximate surface area is 155 Å². The maximum Gasteiger partial charge on any atom is 0.445 e. The fourth-order valence-electron chi connectivity index (χ4n) is 2.84. The van der Waals surface area contributed by atoms with E-state index in [0.717, 1.165) is 5.56 Å². The number of hydrogen-bond acceptors (Lipinski definition) is 2. The first kappa shape index (κ1) is 18.8. The highest BCUT2D eigenvalue weighted by Crippen LogP contribution is 2.48. The number of carbonyl (C=O) groups excluding carboxylic acids is 1. The average molecular weight is 373 g/mol. The number of amides is 1. The number of benzene rings is 2. The van der Waals surface area contributed by atoms with Crippen LogP contribution in [-0.2, 0) is 10.3 Å². The zero-order valence-corrected chi connectivity index (χ0v) is 14.9. The van der Waals surface area contributed by atoms with E-state index >= 15 is 0 Å². The van der Waals surface area contributed by atoms with Gasteiger partial charge in [0.2, 0.25) is 0 Å². The van der Waals surface area contributed by atoms with Gasteiger partial charge in [-0.15, -0.1) is 0 Å². The number of hydrogen-bond donors (Lipinski definition) is 1. The molecule has 1 atom stereocenters. The van der Waals surface area contributed by atoms with Crippen LogP contribution >= 0.6 is 0 Å². The minimum Gasteiger partial charge on any atom is -0.415 e. The number of fused-ring (bicyclic) bond motifs is 1. The summed E-state index contributed by atoms with van der Waals surface area (Å²) in [6.07, 6.45) is -5.80. The van der Waals surface area contributed by atoms with Crippen molar-refractivity contribution in [3.05, 3.63) is 54.1 Å². The topological polar surface area (TPSA) is 38.3 Å². The van der Waals surface area contributed by atoms with Gasteiger partial charge in [0.25, 0.3) is 5.60 Å². The molecule has 27 heavy (non-hydrogen) atoms. The van der Waals surface area contributed by atoms with Gasteiger partial charge < -0.3 is 4.74 Å². The molecule has 0 saturated carbocycles. The Kier molecular flexibility index (Phi) is 4.88. The number of halogens is 3. The predicted octanol–water partition coefficient (Wildman–Crippen LogP) is 5.72. The van der Waals surface area contributed by atoms with Crippen LogP contribution in [-0.4, -0.2) is 12.3 Å². The second kappa shape index (κ2) is 6.99. The van der Waals surface area contributed by atoms with Gasteiger partial charge in [-0.3, -0.25) is 5.32 Å². The maximum atomic E-state index is 14.1. The molecular formula is C21H18F3NO2. The van der Waals surface area contributed by atoms with E-state index in [-0.39, 0.29) is 23.6 Å². The Bertz CT molecular complexity index is 911. The number of rotatable bonds is 2. The van der Waals surface area contributed by atoms with E-state index in [2.05, 4.69) is 17.2 Å². The van der Waals surface area contributed by atoms with E-state index in [1.54, 1.807) is 30.3 Å². The number of cyclic esters (lactones) is 1. The van der Waals surface area contributed by atoms with Crippen molar-refractivity contribution in [2.75, 3.05) is 5.32 Å². The minimum atomic E-state index is -4.89. The Morgan fingerprint density at radius 2 is 1.81 bits per heavy atom. The summed E-state index contributed by atoms with van der Waals surface area (Å²) >= 11 is 0. The van der Waals surface area contributed by atoms with E-state index in [1.165, 1.54) is 12.1 Å². The van der Waals surface area contributed by atoms with Gasteiger partial charge in [-0.2, -0.15) is 13.2 Å². The SMILES string of the molecule is CC(C)CC#CC1(C(F)(F)F)OC(=O)Nc2ccc(-c3ccccc3)cc21. The summed E-state index contributed by atoms with van der Waals surface area (Å²) in [5, 5.41) is 2.34. The number of alkyl halides is 3. The van der Waals surface area contributed by atoms with Crippen LogP contribution in [0.2, 0.25) is 0 Å². The molecule has 1 heterocycles. The zero-order chi connectivity index (χ0) is 19.7. The van der Waals surface area contributed by atoms with Crippen LogP contribution < -0.4 is 5.32 Å². The van der Waals surface area contributed by atoms with Gasteiger partial charge in [-0.25, -0.2) is 4.79 Å². The first-order valence-corrected chi connectivity index (χ1v) is 8.49. The lowest BCUT2D eigenvalue weighted by Gasteiger charge is -2.36. The van der Waals surface area contributed by atoms with Crippen LogP contribution in [0.3, 0.4) is 0 Å². The monoisotopic (exact) mass is 373 g/mol. The summed E-state index contributed by atoms with van der Waals surface area (Å²) in [5.74, 6) is 4.85. The third-order valence-corrected chi connectivity index (χ3v) is 4.16. The fourth-order valence-corrected chi connectivity index (χ4v) is 2.84. The molecular weight excluding hydrogens is 355 g/mol. The molecule has 1 N–H and O–H groups in total. The quantitative estimate of drug-likeness (QED) is 0.684. The van der Waals surface area contributed by atoms with Crippen LogP contribution in [0.1, 0.15) is 25.8 Å². The highest BCUT2D eigenvalue weighted by Gasteiger charge is 2.61. The van der Waals surface area contributed by atoms with Crippen molar-refractivity contribution < 1.29 is 22.7 Å². The van der Waals surface area contributed by atoms with Crippen LogP contribution in [0.25, 0.3) is 11.1 Å². The van der Waals surface area contributed by atoms with Crippen molar-refractivity contribution in [3.8, 4) is 23.0 Å². The third-order valence-electron chi connectivity index (χ3n) is 4.16. The Morgan fingerprint density at radius 1 is 1.11 bits per heavy atom. The van der Waals surface area contributed by atoms with E-state index in [0.29, 0.717) is 5.56 Å². The lowest BCUT2D eigenvalue weighted by molar-refractivity contribution is -0.239. The van der Waals surface area contributed by atoms with E-state index in [4.69, 9.17) is 4.74 Å². The average Bonchev–Trinajstić information content (AvgIpc) is 2.60. The second-order valence-corrected chi connectivity index (χ2v) is 6.72. The van der Waals surface area contributed by atoms with Gasteiger partial charge in [0.1, 0.15) is 0 Å². The Morgan fingerprint density at radius 3 is 2.44 bits per heavy atom. The largest absolute Gasteiger partial charge is 0.445 e. The molecule has 0 saturated heterocycles. The van der Waals surface area contributed by atoms with Gasteiger partial charge in [0.05, 0.1) is 5.69 Å². The molecule has 0 aliphatic carbocycles. The lowest BCUT2D eigenvalue weighted by atomic mass is 9.87. The van der Waals surface area contributed by atoms with Crippen molar-refractivity contribution in [3.63, 3.8) is 0 Å². The Hall–Kier alpha value is -2.94. The summed E-state index contributed by atoms with van der Waals surface area (Å²) in [5.41, 5.74) is -1.84. The zero-order valence-electron chi connectivity index (χ0n) is 14.9. The first-order chi connectivity index (χ1) is 12.7. The molecule has 3 nitrogen and oxygen atoms in total. The van der Waals surface area contributed by atoms with Gasteiger partial charge in [-0.1, -0.05) is 56.2 Å². The van der Waals surface area contributed by atoms with Crippen LogP contribution in [0.15, 0.2) is 48.5 Å². The van der Waals surface area contributed by atoms with Gasteiger partial charge in [0, 0.05) is 12.0 Å². The van der Waals surface area contributed by atoms with Gasteiger partial charge >= 0.3 is 12.3 Å². The lowest BCUT2D eigenvalue weighted by Crippen LogP contribution is -2.49. The molecule has 0 bridgehead atoms. The summed E-state index contributed by atoms with van der Waals surface area (Å²) in [4.78, 5) is 11.8. The van der Waals surface area contributed by atoms with Crippen molar-refractivity contribution in [2.45, 2.75) is 32.0 Å². The summed E-state index contributed by atoms with van der Waals surface area (Å²) in [6, 6.07) is 13.5. The molecule has 1 aliphatic rings. The molecule has 1 amide bonds. The van der Waals surface area contributed by atoms with Crippen molar-refractivity contribution in [2.24, 2.45) is 5.92 Å². The highest BCUT2D eigenvalue weighted by atomic mass is 19.4. The molecule has 1 unspecified atom stereocenters. The molecule has 1 aliphatic heterocycles. The summed E-state index contributed by atoms with van der Waals surface area (Å²) in [7, 11) is 0. The highest BCUT2D eigenvalue weighted by molar-refractivity contribution is 5.90. The molecule has 0 fully saturated rings. The maximum absolute atomic E-state index is 14.1.